The van der Waals surface area contributed by atoms with E-state index in [1.54, 1.807) is 48.8 Å². The van der Waals surface area contributed by atoms with E-state index in [2.05, 4.69) is 4.98 Å². The third-order valence-corrected chi connectivity index (χ3v) is 6.91. The molecule has 1 N–H and O–H groups in total. The Morgan fingerprint density at radius 1 is 1.11 bits per heavy atom. The number of aryl methyl sites for hydroxylation is 2. The summed E-state index contributed by atoms with van der Waals surface area (Å²) in [7, 11) is 0. The summed E-state index contributed by atoms with van der Waals surface area (Å²) < 4.78 is 6.48. The highest BCUT2D eigenvalue weighted by Gasteiger charge is 2.48. The minimum absolute atomic E-state index is 0.00186. The lowest BCUT2D eigenvalue weighted by Gasteiger charge is -2.22. The number of carbonyl (C=O) groups excluding carboxylic acids is 2. The molecule has 1 unspecified atom stereocenters. The summed E-state index contributed by atoms with van der Waals surface area (Å²) in [5.41, 5.74) is 3.91. The smallest absolute Gasteiger partial charge is 0.301 e. The first kappa shape index (κ1) is 22.7. The highest BCUT2D eigenvalue weighted by Crippen LogP contribution is 2.44. The standard InChI is InChI=1S/C27H23N3O4S/c1-4-34-19-7-5-6-18(14-19)24(31)21-23(17-8-10-28-11-9-17)30(26(33)25(21)32)27-29-22-16(3)12-15(2)13-20(22)35-27/h5-14,23,31H,4H2,1-3H3/b24-21+. The molecule has 3 heterocycles. The molecule has 0 spiro atoms. The van der Waals surface area contributed by atoms with Crippen molar-refractivity contribution in [3.05, 3.63) is 88.8 Å². The number of ether oxygens (including phenoxy) is 1. The van der Waals surface area contributed by atoms with Gasteiger partial charge in [-0.15, -0.1) is 0 Å². The number of thiazole rings is 1. The summed E-state index contributed by atoms with van der Waals surface area (Å²) in [6.45, 7) is 6.30. The van der Waals surface area contributed by atoms with E-state index in [1.165, 1.54) is 16.2 Å². The topological polar surface area (TPSA) is 92.6 Å². The monoisotopic (exact) mass is 485 g/mol. The minimum Gasteiger partial charge on any atom is -0.507 e. The number of amides is 1. The van der Waals surface area contributed by atoms with Gasteiger partial charge in [0, 0.05) is 18.0 Å². The van der Waals surface area contributed by atoms with Crippen LogP contribution in [-0.4, -0.2) is 33.4 Å². The van der Waals surface area contributed by atoms with Crippen LogP contribution < -0.4 is 9.64 Å². The molecule has 35 heavy (non-hydrogen) atoms. The molecule has 1 fully saturated rings. The van der Waals surface area contributed by atoms with E-state index in [4.69, 9.17) is 9.72 Å². The molecule has 0 aliphatic carbocycles. The molecule has 0 saturated carbocycles. The van der Waals surface area contributed by atoms with Gasteiger partial charge in [-0.3, -0.25) is 19.5 Å². The zero-order chi connectivity index (χ0) is 24.7. The Balaban J connectivity index is 1.71. The van der Waals surface area contributed by atoms with E-state index in [0.29, 0.717) is 28.6 Å². The second-order valence-electron chi connectivity index (χ2n) is 8.34. The lowest BCUT2D eigenvalue weighted by Crippen LogP contribution is -2.29. The molecule has 1 aliphatic rings. The Labute approximate surface area is 206 Å². The van der Waals surface area contributed by atoms with Crippen LogP contribution >= 0.6 is 11.3 Å². The van der Waals surface area contributed by atoms with E-state index >= 15 is 0 Å². The summed E-state index contributed by atoms with van der Waals surface area (Å²) in [4.78, 5) is 36.9. The summed E-state index contributed by atoms with van der Waals surface area (Å²) >= 11 is 1.35. The van der Waals surface area contributed by atoms with Crippen molar-refractivity contribution in [3.8, 4) is 5.75 Å². The lowest BCUT2D eigenvalue weighted by atomic mass is 9.96. The van der Waals surface area contributed by atoms with E-state index in [1.807, 2.05) is 32.9 Å². The molecule has 4 aromatic rings. The Morgan fingerprint density at radius 3 is 2.63 bits per heavy atom. The molecule has 0 bridgehead atoms. The third kappa shape index (κ3) is 3.95. The first-order chi connectivity index (χ1) is 16.9. The number of anilines is 1. The van der Waals surface area contributed by atoms with Crippen LogP contribution in [0.2, 0.25) is 0 Å². The molecule has 176 valence electrons. The minimum atomic E-state index is -0.851. The second kappa shape index (κ2) is 8.96. The molecular weight excluding hydrogens is 462 g/mol. The number of hydrogen-bond donors (Lipinski definition) is 1. The van der Waals surface area contributed by atoms with Crippen LogP contribution in [0.3, 0.4) is 0 Å². The van der Waals surface area contributed by atoms with Crippen molar-refractivity contribution in [1.29, 1.82) is 0 Å². The van der Waals surface area contributed by atoms with E-state index in [0.717, 1.165) is 21.3 Å². The molecule has 2 aromatic heterocycles. The van der Waals surface area contributed by atoms with Gasteiger partial charge in [0.2, 0.25) is 0 Å². The highest BCUT2D eigenvalue weighted by atomic mass is 32.1. The van der Waals surface area contributed by atoms with Crippen molar-refractivity contribution in [2.45, 2.75) is 26.8 Å². The summed E-state index contributed by atoms with van der Waals surface area (Å²) in [5, 5.41) is 11.7. The van der Waals surface area contributed by atoms with Gasteiger partial charge in [-0.2, -0.15) is 0 Å². The summed E-state index contributed by atoms with van der Waals surface area (Å²) in [6.07, 6.45) is 3.19. The van der Waals surface area contributed by atoms with Crippen molar-refractivity contribution in [1.82, 2.24) is 9.97 Å². The zero-order valence-electron chi connectivity index (χ0n) is 19.5. The van der Waals surface area contributed by atoms with Crippen LogP contribution in [-0.2, 0) is 9.59 Å². The number of fused-ring (bicyclic) bond motifs is 1. The van der Waals surface area contributed by atoms with Gasteiger partial charge in [0.1, 0.15) is 11.5 Å². The first-order valence-corrected chi connectivity index (χ1v) is 12.0. The van der Waals surface area contributed by atoms with Crippen LogP contribution in [0.1, 0.15) is 35.2 Å². The fourth-order valence-electron chi connectivity index (χ4n) is 4.41. The number of hydrogen-bond acceptors (Lipinski definition) is 7. The fraction of sp³-hybridized carbons (Fsp3) is 0.185. The van der Waals surface area contributed by atoms with Crippen LogP contribution in [0.15, 0.2) is 66.5 Å². The maximum absolute atomic E-state index is 13.4. The molecule has 1 amide bonds. The summed E-state index contributed by atoms with van der Waals surface area (Å²) in [5.74, 6) is -1.20. The number of nitrogens with zero attached hydrogens (tertiary/aromatic N) is 3. The molecule has 0 radical (unpaired) electrons. The van der Waals surface area contributed by atoms with Crippen molar-refractivity contribution < 1.29 is 19.4 Å². The molecular formula is C27H23N3O4S. The molecule has 1 aliphatic heterocycles. The molecule has 5 rings (SSSR count). The molecule has 2 aromatic carbocycles. The zero-order valence-corrected chi connectivity index (χ0v) is 20.3. The van der Waals surface area contributed by atoms with Crippen LogP contribution in [0.4, 0.5) is 5.13 Å². The lowest BCUT2D eigenvalue weighted by molar-refractivity contribution is -0.132. The van der Waals surface area contributed by atoms with Crippen LogP contribution in [0.5, 0.6) is 5.75 Å². The molecule has 7 nitrogen and oxygen atoms in total. The van der Waals surface area contributed by atoms with Gasteiger partial charge < -0.3 is 9.84 Å². The third-order valence-electron chi connectivity index (χ3n) is 5.91. The maximum Gasteiger partial charge on any atom is 0.301 e. The predicted octanol–water partition coefficient (Wildman–Crippen LogP) is 5.33. The number of rotatable bonds is 5. The van der Waals surface area contributed by atoms with Crippen molar-refractivity contribution in [2.75, 3.05) is 11.5 Å². The van der Waals surface area contributed by atoms with E-state index in [-0.39, 0.29) is 11.3 Å². The van der Waals surface area contributed by atoms with Gasteiger partial charge in [-0.1, -0.05) is 29.5 Å². The average Bonchev–Trinajstić information content (AvgIpc) is 3.38. The quantitative estimate of drug-likeness (QED) is 0.233. The van der Waals surface area contributed by atoms with Crippen molar-refractivity contribution >= 4 is 44.1 Å². The number of pyridine rings is 1. The average molecular weight is 486 g/mol. The number of carbonyl (C=O) groups is 2. The van der Waals surface area contributed by atoms with Gasteiger partial charge in [-0.05, 0) is 67.8 Å². The molecule has 1 atom stereocenters. The van der Waals surface area contributed by atoms with Crippen LogP contribution in [0, 0.1) is 13.8 Å². The van der Waals surface area contributed by atoms with Gasteiger partial charge in [0.25, 0.3) is 5.78 Å². The Kier molecular flexibility index (Phi) is 5.82. The first-order valence-electron chi connectivity index (χ1n) is 11.2. The summed E-state index contributed by atoms with van der Waals surface area (Å²) in [6, 6.07) is 13.5. The normalized spacial score (nSPS) is 17.3. The Bertz CT molecular complexity index is 1490. The number of aliphatic hydroxyl groups is 1. The molecule has 8 heteroatoms. The predicted molar refractivity (Wildman–Crippen MR) is 136 cm³/mol. The molecule has 1 saturated heterocycles. The number of aliphatic hydroxyl groups excluding tert-OH is 1. The Hall–Kier alpha value is -4.04. The van der Waals surface area contributed by atoms with Gasteiger partial charge in [0.05, 0.1) is 28.4 Å². The number of benzene rings is 2. The maximum atomic E-state index is 13.4. The van der Waals surface area contributed by atoms with Gasteiger partial charge >= 0.3 is 5.91 Å². The SMILES string of the molecule is CCOc1cccc(/C(O)=C2\C(=O)C(=O)N(c3nc4c(C)cc(C)cc4s3)C2c2ccncc2)c1. The number of aromatic nitrogens is 2. The Morgan fingerprint density at radius 2 is 1.89 bits per heavy atom. The van der Waals surface area contributed by atoms with Gasteiger partial charge in [0.15, 0.2) is 5.13 Å². The van der Waals surface area contributed by atoms with E-state index in [9.17, 15) is 14.7 Å². The largest absolute Gasteiger partial charge is 0.507 e. The second-order valence-corrected chi connectivity index (χ2v) is 9.34. The van der Waals surface area contributed by atoms with Crippen LogP contribution in [0.25, 0.3) is 16.0 Å². The van der Waals surface area contributed by atoms with E-state index < -0.39 is 17.7 Å². The number of ketones is 1. The van der Waals surface area contributed by atoms with Crippen molar-refractivity contribution in [3.63, 3.8) is 0 Å². The van der Waals surface area contributed by atoms with Gasteiger partial charge in [-0.25, -0.2) is 4.98 Å². The van der Waals surface area contributed by atoms with Crippen molar-refractivity contribution in [2.24, 2.45) is 0 Å². The fourth-order valence-corrected chi connectivity index (χ4v) is 5.58. The number of Topliss-reactive ketones (excluding diaryl/α,β-unsaturated/α-hetero) is 1. The highest BCUT2D eigenvalue weighted by molar-refractivity contribution is 7.22.